The van der Waals surface area contributed by atoms with Crippen LogP contribution in [0.25, 0.3) is 0 Å². The van der Waals surface area contributed by atoms with Crippen LogP contribution in [0.4, 0.5) is 0 Å². The highest BCUT2D eigenvalue weighted by Crippen LogP contribution is 2.03. The third kappa shape index (κ3) is 2.46. The molecule has 1 aromatic heterocycles. The Morgan fingerprint density at radius 1 is 1.58 bits per heavy atom. The van der Waals surface area contributed by atoms with E-state index >= 15 is 0 Å². The normalized spacial score (nSPS) is 10.2. The van der Waals surface area contributed by atoms with Gasteiger partial charge in [0.05, 0.1) is 0 Å². The monoisotopic (exact) mass is 162 g/mol. The van der Waals surface area contributed by atoms with E-state index in [0.717, 1.165) is 17.7 Å². The highest BCUT2D eigenvalue weighted by molar-refractivity contribution is 5.85. The molecule has 0 radical (unpaired) electrons. The van der Waals surface area contributed by atoms with Crippen molar-refractivity contribution in [3.63, 3.8) is 0 Å². The lowest BCUT2D eigenvalue weighted by atomic mass is 10.0. The van der Waals surface area contributed by atoms with E-state index < -0.39 is 0 Å². The zero-order valence-corrected chi connectivity index (χ0v) is 7.54. The van der Waals surface area contributed by atoms with Crippen LogP contribution in [-0.2, 0) is 6.42 Å². The molecule has 0 bridgehead atoms. The second kappa shape index (κ2) is 4.00. The Morgan fingerprint density at radius 3 is 2.83 bits per heavy atom. The van der Waals surface area contributed by atoms with Gasteiger partial charge < -0.3 is 5.41 Å². The molecule has 0 unspecified atom stereocenters. The smallest absolute Gasteiger partial charge is 0.0303 e. The van der Waals surface area contributed by atoms with Crippen LogP contribution in [0.2, 0.25) is 0 Å². The summed E-state index contributed by atoms with van der Waals surface area (Å²) in [4.78, 5) is 4.00. The van der Waals surface area contributed by atoms with Crippen LogP contribution >= 0.6 is 0 Å². The molecule has 0 amide bonds. The molecule has 1 heterocycles. The molecule has 12 heavy (non-hydrogen) atoms. The van der Waals surface area contributed by atoms with E-state index in [4.69, 9.17) is 5.41 Å². The third-order valence-electron chi connectivity index (χ3n) is 1.81. The maximum Gasteiger partial charge on any atom is 0.0303 e. The van der Waals surface area contributed by atoms with Crippen molar-refractivity contribution in [3.05, 3.63) is 30.1 Å². The number of nitrogens with one attached hydrogen (secondary N) is 1. The van der Waals surface area contributed by atoms with Gasteiger partial charge in [-0.25, -0.2) is 0 Å². The van der Waals surface area contributed by atoms with Gasteiger partial charge in [0.25, 0.3) is 0 Å². The number of rotatable bonds is 3. The van der Waals surface area contributed by atoms with Gasteiger partial charge in [0.1, 0.15) is 0 Å². The molecular weight excluding hydrogens is 148 g/mol. The number of nitrogens with zero attached hydrogens (tertiary/aromatic N) is 1. The molecule has 0 atom stereocenters. The first-order valence-corrected chi connectivity index (χ1v) is 4.16. The predicted molar refractivity (Wildman–Crippen MR) is 50.5 cm³/mol. The molecule has 0 aliphatic carbocycles. The summed E-state index contributed by atoms with van der Waals surface area (Å²) in [5.41, 5.74) is 1.89. The number of hydrogen-bond acceptors (Lipinski definition) is 2. The van der Waals surface area contributed by atoms with Crippen LogP contribution in [0.15, 0.2) is 24.5 Å². The molecule has 0 spiro atoms. The van der Waals surface area contributed by atoms with E-state index in [9.17, 15) is 0 Å². The van der Waals surface area contributed by atoms with Crippen LogP contribution in [0.1, 0.15) is 19.4 Å². The van der Waals surface area contributed by atoms with Crippen molar-refractivity contribution in [2.45, 2.75) is 20.3 Å². The molecule has 0 aromatic carbocycles. The Balaban J connectivity index is 2.59. The minimum absolute atomic E-state index is 0.338. The standard InChI is InChI=1S/C10H14N2/c1-8(2)10(11)6-9-4-3-5-12-7-9/h3-5,7-8,11H,6H2,1-2H3. The highest BCUT2D eigenvalue weighted by atomic mass is 14.6. The number of pyridine rings is 1. The molecule has 1 rings (SSSR count). The second-order valence-electron chi connectivity index (χ2n) is 3.22. The van der Waals surface area contributed by atoms with E-state index in [2.05, 4.69) is 4.98 Å². The summed E-state index contributed by atoms with van der Waals surface area (Å²) < 4.78 is 0. The van der Waals surface area contributed by atoms with Crippen molar-refractivity contribution < 1.29 is 0 Å². The van der Waals surface area contributed by atoms with Gasteiger partial charge in [-0.3, -0.25) is 4.98 Å². The molecule has 2 heteroatoms. The Bertz CT molecular complexity index is 252. The van der Waals surface area contributed by atoms with E-state index in [1.807, 2.05) is 32.2 Å². The van der Waals surface area contributed by atoms with Gasteiger partial charge in [-0.1, -0.05) is 19.9 Å². The van der Waals surface area contributed by atoms with Gasteiger partial charge in [-0.05, 0) is 17.5 Å². The van der Waals surface area contributed by atoms with Crippen molar-refractivity contribution in [2.75, 3.05) is 0 Å². The summed E-state index contributed by atoms with van der Waals surface area (Å²) in [7, 11) is 0. The minimum Gasteiger partial charge on any atom is -0.309 e. The van der Waals surface area contributed by atoms with Crippen LogP contribution in [-0.4, -0.2) is 10.7 Å². The van der Waals surface area contributed by atoms with E-state index in [-0.39, 0.29) is 0 Å². The first kappa shape index (κ1) is 8.91. The quantitative estimate of drug-likeness (QED) is 0.680. The largest absolute Gasteiger partial charge is 0.309 e. The second-order valence-corrected chi connectivity index (χ2v) is 3.22. The lowest BCUT2D eigenvalue weighted by molar-refractivity contribution is 0.853. The Labute approximate surface area is 73.2 Å². The number of hydrogen-bond donors (Lipinski definition) is 1. The van der Waals surface area contributed by atoms with Gasteiger partial charge >= 0.3 is 0 Å². The molecule has 0 saturated heterocycles. The molecule has 0 saturated carbocycles. The molecule has 2 nitrogen and oxygen atoms in total. The minimum atomic E-state index is 0.338. The fourth-order valence-electron chi connectivity index (χ4n) is 0.927. The zero-order valence-electron chi connectivity index (χ0n) is 7.54. The van der Waals surface area contributed by atoms with Crippen molar-refractivity contribution in [2.24, 2.45) is 5.92 Å². The average molecular weight is 162 g/mol. The molecule has 0 aliphatic heterocycles. The zero-order chi connectivity index (χ0) is 8.97. The maximum absolute atomic E-state index is 7.65. The van der Waals surface area contributed by atoms with Crippen molar-refractivity contribution >= 4 is 5.71 Å². The van der Waals surface area contributed by atoms with Crippen LogP contribution in [0.3, 0.4) is 0 Å². The Kier molecular flexibility index (Phi) is 2.97. The molecule has 0 aliphatic rings. The lowest BCUT2D eigenvalue weighted by Gasteiger charge is -2.06. The summed E-state index contributed by atoms with van der Waals surface area (Å²) in [6.07, 6.45) is 4.30. The molecule has 64 valence electrons. The maximum atomic E-state index is 7.65. The first-order chi connectivity index (χ1) is 5.70. The lowest BCUT2D eigenvalue weighted by Crippen LogP contribution is -2.09. The van der Waals surface area contributed by atoms with E-state index in [1.165, 1.54) is 0 Å². The van der Waals surface area contributed by atoms with Crippen molar-refractivity contribution in [1.29, 1.82) is 5.41 Å². The van der Waals surface area contributed by atoms with Crippen LogP contribution in [0.5, 0.6) is 0 Å². The fourth-order valence-corrected chi connectivity index (χ4v) is 0.927. The SMILES string of the molecule is CC(C)C(=N)Cc1cccnc1. The molecule has 0 fully saturated rings. The fraction of sp³-hybridized carbons (Fsp3) is 0.400. The van der Waals surface area contributed by atoms with E-state index in [1.54, 1.807) is 6.20 Å². The molecule has 1 N–H and O–H groups in total. The summed E-state index contributed by atoms with van der Waals surface area (Å²) in [5.74, 6) is 0.338. The predicted octanol–water partition coefficient (Wildman–Crippen LogP) is 2.30. The van der Waals surface area contributed by atoms with Gasteiger partial charge in [-0.15, -0.1) is 0 Å². The third-order valence-corrected chi connectivity index (χ3v) is 1.81. The highest BCUT2D eigenvalue weighted by Gasteiger charge is 2.03. The number of aromatic nitrogens is 1. The van der Waals surface area contributed by atoms with Crippen molar-refractivity contribution in [3.8, 4) is 0 Å². The van der Waals surface area contributed by atoms with Gasteiger partial charge in [0.15, 0.2) is 0 Å². The van der Waals surface area contributed by atoms with Gasteiger partial charge in [0, 0.05) is 24.5 Å². The summed E-state index contributed by atoms with van der Waals surface area (Å²) in [5, 5.41) is 7.65. The Morgan fingerprint density at radius 2 is 2.33 bits per heavy atom. The first-order valence-electron chi connectivity index (χ1n) is 4.16. The molecular formula is C10H14N2. The Hall–Kier alpha value is -1.18. The van der Waals surface area contributed by atoms with Crippen LogP contribution < -0.4 is 0 Å². The van der Waals surface area contributed by atoms with Gasteiger partial charge in [-0.2, -0.15) is 0 Å². The van der Waals surface area contributed by atoms with Crippen molar-refractivity contribution in [1.82, 2.24) is 4.98 Å². The van der Waals surface area contributed by atoms with Crippen LogP contribution in [0, 0.1) is 11.3 Å². The molecule has 1 aromatic rings. The summed E-state index contributed by atoms with van der Waals surface area (Å²) in [6.45, 7) is 4.08. The summed E-state index contributed by atoms with van der Waals surface area (Å²) >= 11 is 0. The average Bonchev–Trinajstić information content (AvgIpc) is 2.06. The van der Waals surface area contributed by atoms with Gasteiger partial charge in [0.2, 0.25) is 0 Å². The summed E-state index contributed by atoms with van der Waals surface area (Å²) in [6, 6.07) is 3.91. The topological polar surface area (TPSA) is 36.7 Å². The van der Waals surface area contributed by atoms with E-state index in [0.29, 0.717) is 5.92 Å².